The van der Waals surface area contributed by atoms with Gasteiger partial charge in [-0.15, -0.1) is 0 Å². The van der Waals surface area contributed by atoms with Crippen molar-refractivity contribution in [3.05, 3.63) is 77.5 Å². The summed E-state index contributed by atoms with van der Waals surface area (Å²) in [6, 6.07) is 17.1. The fourth-order valence-electron chi connectivity index (χ4n) is 5.63. The van der Waals surface area contributed by atoms with E-state index < -0.39 is 0 Å². The minimum Gasteiger partial charge on any atom is -0.371 e. The minimum atomic E-state index is -0.117. The molecule has 0 radical (unpaired) electrons. The molecule has 2 saturated heterocycles. The summed E-state index contributed by atoms with van der Waals surface area (Å²) in [6.45, 7) is 4.84. The molecule has 0 atom stereocenters. The number of likely N-dealkylation sites (tertiary alicyclic amines) is 1. The number of hydrogen-bond donors (Lipinski definition) is 2. The van der Waals surface area contributed by atoms with Crippen molar-refractivity contribution in [2.45, 2.75) is 38.1 Å². The Hall–Kier alpha value is -3.58. The average Bonchev–Trinajstić information content (AvgIpc) is 3.41. The molecule has 0 bridgehead atoms. The van der Waals surface area contributed by atoms with Gasteiger partial charge in [-0.25, -0.2) is 4.98 Å². The van der Waals surface area contributed by atoms with Crippen molar-refractivity contribution in [2.24, 2.45) is 0 Å². The lowest BCUT2D eigenvalue weighted by Crippen LogP contribution is -2.46. The number of anilines is 3. The minimum absolute atomic E-state index is 0.117. The van der Waals surface area contributed by atoms with Crippen LogP contribution in [0.2, 0.25) is 0 Å². The summed E-state index contributed by atoms with van der Waals surface area (Å²) in [7, 11) is 0. The molecule has 5 heterocycles. The predicted molar refractivity (Wildman–Crippen MR) is 142 cm³/mol. The van der Waals surface area contributed by atoms with Gasteiger partial charge in [-0.2, -0.15) is 0 Å². The van der Waals surface area contributed by atoms with Gasteiger partial charge in [-0.05, 0) is 81.2 Å². The van der Waals surface area contributed by atoms with Crippen LogP contribution in [-0.2, 0) is 0 Å². The van der Waals surface area contributed by atoms with Gasteiger partial charge in [0.15, 0.2) is 5.65 Å². The zero-order chi connectivity index (χ0) is 23.6. The van der Waals surface area contributed by atoms with Crippen LogP contribution >= 0.6 is 0 Å². The van der Waals surface area contributed by atoms with E-state index in [0.29, 0.717) is 0 Å². The molecule has 7 heteroatoms. The molecule has 6 rings (SSSR count). The van der Waals surface area contributed by atoms with E-state index in [2.05, 4.69) is 49.4 Å². The monoisotopic (exact) mass is 468 g/mol. The van der Waals surface area contributed by atoms with Crippen LogP contribution in [0, 0.1) is 0 Å². The number of nitrogens with one attached hydrogen (secondary N) is 2. The third-order valence-corrected chi connectivity index (χ3v) is 7.50. The maximum atomic E-state index is 11.8. The van der Waals surface area contributed by atoms with Gasteiger partial charge in [0.05, 0.1) is 11.4 Å². The van der Waals surface area contributed by atoms with Crippen molar-refractivity contribution < 1.29 is 0 Å². The number of hydrogen-bond acceptors (Lipinski definition) is 5. The fourth-order valence-corrected chi connectivity index (χ4v) is 5.63. The second-order valence-electron chi connectivity index (χ2n) is 9.68. The number of fused-ring (bicyclic) bond motifs is 1. The number of aromatic nitrogens is 3. The molecule has 0 spiro atoms. The highest BCUT2D eigenvalue weighted by Crippen LogP contribution is 2.29. The van der Waals surface area contributed by atoms with Gasteiger partial charge >= 0.3 is 0 Å². The van der Waals surface area contributed by atoms with E-state index in [-0.39, 0.29) is 5.56 Å². The molecule has 2 aliphatic rings. The number of aromatic amines is 1. The third kappa shape index (κ3) is 4.56. The lowest BCUT2D eigenvalue weighted by Gasteiger charge is -2.41. The van der Waals surface area contributed by atoms with Gasteiger partial charge in [0, 0.05) is 60.7 Å². The van der Waals surface area contributed by atoms with Gasteiger partial charge in [0.1, 0.15) is 0 Å². The highest BCUT2D eigenvalue weighted by Gasteiger charge is 2.25. The van der Waals surface area contributed by atoms with Crippen LogP contribution in [0.3, 0.4) is 0 Å². The molecule has 2 fully saturated rings. The van der Waals surface area contributed by atoms with Gasteiger partial charge < -0.3 is 20.1 Å². The van der Waals surface area contributed by atoms with Gasteiger partial charge in [0.2, 0.25) is 5.56 Å². The highest BCUT2D eigenvalue weighted by atomic mass is 16.1. The molecular formula is C28H32N6O. The Morgan fingerprint density at radius 1 is 0.914 bits per heavy atom. The van der Waals surface area contributed by atoms with E-state index in [0.717, 1.165) is 47.4 Å². The Morgan fingerprint density at radius 3 is 2.49 bits per heavy atom. The molecule has 0 unspecified atom stereocenters. The van der Waals surface area contributed by atoms with E-state index >= 15 is 0 Å². The summed E-state index contributed by atoms with van der Waals surface area (Å²) in [5, 5.41) is 3.53. The average molecular weight is 469 g/mol. The second kappa shape index (κ2) is 9.58. The van der Waals surface area contributed by atoms with Crippen molar-refractivity contribution >= 4 is 22.7 Å². The molecule has 0 saturated carbocycles. The van der Waals surface area contributed by atoms with E-state index in [9.17, 15) is 4.79 Å². The molecule has 0 aliphatic carbocycles. The van der Waals surface area contributed by atoms with Crippen molar-refractivity contribution in [3.8, 4) is 11.3 Å². The molecule has 2 aliphatic heterocycles. The lowest BCUT2D eigenvalue weighted by atomic mass is 9.99. The zero-order valence-electron chi connectivity index (χ0n) is 20.0. The smallest absolute Gasteiger partial charge is 0.248 e. The SMILES string of the molecule is O=c1cc(-c2ccc(Nc3ccc(N4CCC(N5CCCCC5)CC4)cc3)c3nccn23)cc[nH]1. The number of imidazole rings is 1. The predicted octanol–water partition coefficient (Wildman–Crippen LogP) is 4.89. The summed E-state index contributed by atoms with van der Waals surface area (Å²) < 4.78 is 2.01. The Kier molecular flexibility index (Phi) is 6.00. The van der Waals surface area contributed by atoms with Gasteiger partial charge in [0.25, 0.3) is 0 Å². The van der Waals surface area contributed by atoms with Crippen molar-refractivity contribution in [2.75, 3.05) is 36.4 Å². The maximum absolute atomic E-state index is 11.8. The van der Waals surface area contributed by atoms with Gasteiger partial charge in [-0.1, -0.05) is 6.42 Å². The largest absolute Gasteiger partial charge is 0.371 e. The first-order chi connectivity index (χ1) is 17.2. The first kappa shape index (κ1) is 21.9. The Morgan fingerprint density at radius 2 is 1.71 bits per heavy atom. The van der Waals surface area contributed by atoms with Crippen LogP contribution in [0.15, 0.2) is 71.9 Å². The number of pyridine rings is 2. The Bertz CT molecular complexity index is 1340. The Labute approximate surface area is 205 Å². The molecule has 180 valence electrons. The number of piperidine rings is 2. The molecule has 0 amide bonds. The van der Waals surface area contributed by atoms with Crippen LogP contribution in [0.5, 0.6) is 0 Å². The summed E-state index contributed by atoms with van der Waals surface area (Å²) in [5.74, 6) is 0. The molecule has 2 N–H and O–H groups in total. The molecule has 3 aromatic heterocycles. The molecule has 4 aromatic rings. The molecular weight excluding hydrogens is 436 g/mol. The first-order valence-corrected chi connectivity index (χ1v) is 12.8. The first-order valence-electron chi connectivity index (χ1n) is 12.8. The molecule has 35 heavy (non-hydrogen) atoms. The molecule has 7 nitrogen and oxygen atoms in total. The molecule has 1 aromatic carbocycles. The van der Waals surface area contributed by atoms with Crippen LogP contribution in [0.1, 0.15) is 32.1 Å². The van der Waals surface area contributed by atoms with Crippen LogP contribution in [0.25, 0.3) is 16.9 Å². The Balaban J connectivity index is 1.15. The normalized spacial score (nSPS) is 17.7. The van der Waals surface area contributed by atoms with E-state index in [1.54, 1.807) is 18.5 Å². The summed E-state index contributed by atoms with van der Waals surface area (Å²) in [4.78, 5) is 24.3. The maximum Gasteiger partial charge on any atom is 0.248 e. The van der Waals surface area contributed by atoms with Crippen LogP contribution < -0.4 is 15.8 Å². The summed E-state index contributed by atoms with van der Waals surface area (Å²) >= 11 is 0. The van der Waals surface area contributed by atoms with E-state index in [1.165, 1.54) is 50.9 Å². The van der Waals surface area contributed by atoms with Crippen LogP contribution in [0.4, 0.5) is 17.1 Å². The van der Waals surface area contributed by atoms with E-state index in [4.69, 9.17) is 0 Å². The van der Waals surface area contributed by atoms with Crippen molar-refractivity contribution in [1.82, 2.24) is 19.3 Å². The zero-order valence-corrected chi connectivity index (χ0v) is 20.0. The highest BCUT2D eigenvalue weighted by molar-refractivity contribution is 5.78. The quantitative estimate of drug-likeness (QED) is 0.437. The number of nitrogens with zero attached hydrogens (tertiary/aromatic N) is 4. The van der Waals surface area contributed by atoms with E-state index in [1.807, 2.05) is 28.8 Å². The second-order valence-corrected chi connectivity index (χ2v) is 9.68. The summed E-state index contributed by atoms with van der Waals surface area (Å²) in [6.07, 6.45) is 12.0. The van der Waals surface area contributed by atoms with Crippen LogP contribution in [-0.4, -0.2) is 51.5 Å². The lowest BCUT2D eigenvalue weighted by molar-refractivity contribution is 0.141. The van der Waals surface area contributed by atoms with Gasteiger partial charge in [-0.3, -0.25) is 9.20 Å². The standard InChI is InChI=1S/C28H32N6O/c35-27-20-21(10-13-29-27)26-9-8-25(28-30-14-19-34(26)28)31-22-4-6-23(7-5-22)33-17-11-24(12-18-33)32-15-2-1-3-16-32/h4-10,13-14,19-20,24,31H,1-3,11-12,15-18H2,(H,29,35). The number of rotatable bonds is 5. The van der Waals surface area contributed by atoms with Crippen molar-refractivity contribution in [3.63, 3.8) is 0 Å². The summed E-state index contributed by atoms with van der Waals surface area (Å²) in [5.41, 5.74) is 5.75. The number of benzene rings is 1. The van der Waals surface area contributed by atoms with Crippen molar-refractivity contribution in [1.29, 1.82) is 0 Å². The number of H-pyrrole nitrogens is 1. The fraction of sp³-hybridized carbons (Fsp3) is 0.357. The topological polar surface area (TPSA) is 68.7 Å². The third-order valence-electron chi connectivity index (χ3n) is 7.50.